The van der Waals surface area contributed by atoms with Gasteiger partial charge in [-0.1, -0.05) is 27.7 Å². The first kappa shape index (κ1) is 9.92. The topological polar surface area (TPSA) is 46.2 Å². The van der Waals surface area contributed by atoms with Gasteiger partial charge in [-0.3, -0.25) is 0 Å². The molecule has 0 spiro atoms. The van der Waals surface area contributed by atoms with Gasteiger partial charge < -0.3 is 10.8 Å². The number of hydrogen-bond acceptors (Lipinski definition) is 2. The van der Waals surface area contributed by atoms with E-state index >= 15 is 0 Å². The molecule has 0 aliphatic carbocycles. The Balaban J connectivity index is 3.94. The van der Waals surface area contributed by atoms with Crippen molar-refractivity contribution >= 4 is 0 Å². The van der Waals surface area contributed by atoms with Crippen molar-refractivity contribution in [3.8, 4) is 0 Å². The molecule has 2 atom stereocenters. The van der Waals surface area contributed by atoms with Gasteiger partial charge in [0.25, 0.3) is 0 Å². The molecule has 0 heterocycles. The van der Waals surface area contributed by atoms with Crippen LogP contribution in [-0.2, 0) is 0 Å². The van der Waals surface area contributed by atoms with E-state index in [2.05, 4.69) is 0 Å². The Morgan fingerprint density at radius 3 is 1.90 bits per heavy atom. The molecule has 2 unspecified atom stereocenters. The molecule has 3 N–H and O–H groups in total. The minimum atomic E-state index is -0.361. The standard InChI is InChI=1S/C8H19NO/c1-5-6(10)7(9)8(2,3)4/h6-7,10H,5,9H2,1-4H3. The zero-order valence-corrected chi connectivity index (χ0v) is 7.39. The molecule has 0 saturated heterocycles. The SMILES string of the molecule is CCC(O)C(N)C(C)(C)C. The van der Waals surface area contributed by atoms with E-state index in [1.54, 1.807) is 0 Å². The van der Waals surface area contributed by atoms with Gasteiger partial charge in [0.2, 0.25) is 0 Å². The summed E-state index contributed by atoms with van der Waals surface area (Å²) in [5.41, 5.74) is 5.76. The molecular weight excluding hydrogens is 126 g/mol. The van der Waals surface area contributed by atoms with Gasteiger partial charge in [0.1, 0.15) is 0 Å². The van der Waals surface area contributed by atoms with E-state index in [9.17, 15) is 5.11 Å². The van der Waals surface area contributed by atoms with E-state index in [0.717, 1.165) is 6.42 Å². The summed E-state index contributed by atoms with van der Waals surface area (Å²) in [7, 11) is 0. The lowest BCUT2D eigenvalue weighted by molar-refractivity contribution is 0.0893. The lowest BCUT2D eigenvalue weighted by atomic mass is 9.83. The summed E-state index contributed by atoms with van der Waals surface area (Å²) in [5, 5.41) is 9.34. The van der Waals surface area contributed by atoms with Crippen molar-refractivity contribution in [2.45, 2.75) is 46.3 Å². The van der Waals surface area contributed by atoms with E-state index in [0.29, 0.717) is 0 Å². The molecule has 0 saturated carbocycles. The molecule has 0 amide bonds. The normalized spacial score (nSPS) is 18.6. The first-order valence-corrected chi connectivity index (χ1v) is 3.83. The number of aliphatic hydroxyl groups is 1. The molecule has 62 valence electrons. The Hall–Kier alpha value is -0.0800. The van der Waals surface area contributed by atoms with E-state index in [4.69, 9.17) is 5.73 Å². The summed E-state index contributed by atoms with van der Waals surface area (Å²) < 4.78 is 0. The monoisotopic (exact) mass is 145 g/mol. The van der Waals surface area contributed by atoms with Gasteiger partial charge >= 0.3 is 0 Å². The zero-order valence-electron chi connectivity index (χ0n) is 7.39. The van der Waals surface area contributed by atoms with Crippen LogP contribution in [0.25, 0.3) is 0 Å². The van der Waals surface area contributed by atoms with Gasteiger partial charge in [-0.2, -0.15) is 0 Å². The van der Waals surface area contributed by atoms with Crippen molar-refractivity contribution in [3.05, 3.63) is 0 Å². The molecule has 0 aliphatic heterocycles. The van der Waals surface area contributed by atoms with Gasteiger partial charge in [0.05, 0.1) is 6.10 Å². The highest BCUT2D eigenvalue weighted by molar-refractivity contribution is 4.82. The second-order valence-electron chi connectivity index (χ2n) is 3.87. The summed E-state index contributed by atoms with van der Waals surface area (Å²) in [5.74, 6) is 0. The van der Waals surface area contributed by atoms with Crippen LogP contribution in [0, 0.1) is 5.41 Å². The van der Waals surface area contributed by atoms with E-state index in [1.165, 1.54) is 0 Å². The summed E-state index contributed by atoms with van der Waals surface area (Å²) in [6.07, 6.45) is 0.373. The molecule has 0 radical (unpaired) electrons. The van der Waals surface area contributed by atoms with Gasteiger partial charge in [-0.05, 0) is 11.8 Å². The molecule has 10 heavy (non-hydrogen) atoms. The molecule has 0 fully saturated rings. The molecule has 0 aliphatic rings. The average molecular weight is 145 g/mol. The quantitative estimate of drug-likeness (QED) is 0.612. The van der Waals surface area contributed by atoms with E-state index in [1.807, 2.05) is 27.7 Å². The number of nitrogens with two attached hydrogens (primary N) is 1. The molecule has 2 heteroatoms. The van der Waals surface area contributed by atoms with Crippen LogP contribution >= 0.6 is 0 Å². The van der Waals surface area contributed by atoms with Crippen molar-refractivity contribution in [3.63, 3.8) is 0 Å². The van der Waals surface area contributed by atoms with Gasteiger partial charge in [0, 0.05) is 6.04 Å². The van der Waals surface area contributed by atoms with Crippen molar-refractivity contribution in [1.82, 2.24) is 0 Å². The van der Waals surface area contributed by atoms with Crippen molar-refractivity contribution in [1.29, 1.82) is 0 Å². The second-order valence-corrected chi connectivity index (χ2v) is 3.87. The largest absolute Gasteiger partial charge is 0.392 e. The predicted octanol–water partition coefficient (Wildman–Crippen LogP) is 1.13. The highest BCUT2D eigenvalue weighted by Crippen LogP contribution is 2.20. The van der Waals surface area contributed by atoms with Gasteiger partial charge in [0.15, 0.2) is 0 Å². The lowest BCUT2D eigenvalue weighted by Gasteiger charge is -2.30. The van der Waals surface area contributed by atoms with Crippen molar-refractivity contribution < 1.29 is 5.11 Å². The van der Waals surface area contributed by atoms with Crippen LogP contribution in [0.15, 0.2) is 0 Å². The van der Waals surface area contributed by atoms with Crippen LogP contribution in [0.5, 0.6) is 0 Å². The summed E-state index contributed by atoms with van der Waals surface area (Å²) in [4.78, 5) is 0. The Morgan fingerprint density at radius 1 is 1.40 bits per heavy atom. The molecule has 0 rings (SSSR count). The maximum atomic E-state index is 9.34. The fourth-order valence-electron chi connectivity index (χ4n) is 0.831. The van der Waals surface area contributed by atoms with E-state index in [-0.39, 0.29) is 17.6 Å². The second kappa shape index (κ2) is 3.35. The molecule has 2 nitrogen and oxygen atoms in total. The molecular formula is C8H19NO. The van der Waals surface area contributed by atoms with Gasteiger partial charge in [-0.25, -0.2) is 0 Å². The third-order valence-corrected chi connectivity index (χ3v) is 1.83. The van der Waals surface area contributed by atoms with Crippen LogP contribution in [0.4, 0.5) is 0 Å². The Bertz CT molecular complexity index is 95.9. The molecule has 0 aromatic carbocycles. The Kier molecular flexibility index (Phi) is 3.33. The van der Waals surface area contributed by atoms with Crippen LogP contribution in [0.2, 0.25) is 0 Å². The average Bonchev–Trinajstić information content (AvgIpc) is 1.83. The molecule has 0 aromatic heterocycles. The number of hydrogen-bond donors (Lipinski definition) is 2. The summed E-state index contributed by atoms with van der Waals surface area (Å²) in [6, 6.07) is -0.113. The van der Waals surface area contributed by atoms with Crippen LogP contribution in [0.1, 0.15) is 34.1 Å². The highest BCUT2D eigenvalue weighted by Gasteiger charge is 2.25. The summed E-state index contributed by atoms with van der Waals surface area (Å²) >= 11 is 0. The minimum absolute atomic E-state index is 0.00935. The Morgan fingerprint density at radius 2 is 1.80 bits per heavy atom. The summed E-state index contributed by atoms with van der Waals surface area (Å²) in [6.45, 7) is 8.06. The third kappa shape index (κ3) is 2.67. The van der Waals surface area contributed by atoms with Crippen LogP contribution in [0.3, 0.4) is 0 Å². The molecule has 0 aromatic rings. The fraction of sp³-hybridized carbons (Fsp3) is 1.00. The smallest absolute Gasteiger partial charge is 0.0693 e. The highest BCUT2D eigenvalue weighted by atomic mass is 16.3. The number of rotatable bonds is 2. The number of aliphatic hydroxyl groups excluding tert-OH is 1. The van der Waals surface area contributed by atoms with Crippen LogP contribution < -0.4 is 5.73 Å². The fourth-order valence-corrected chi connectivity index (χ4v) is 0.831. The Labute approximate surface area is 63.4 Å². The maximum Gasteiger partial charge on any atom is 0.0693 e. The third-order valence-electron chi connectivity index (χ3n) is 1.83. The first-order chi connectivity index (χ1) is 4.39. The van der Waals surface area contributed by atoms with Crippen molar-refractivity contribution in [2.75, 3.05) is 0 Å². The molecule has 0 bridgehead atoms. The lowest BCUT2D eigenvalue weighted by Crippen LogP contribution is -2.44. The maximum absolute atomic E-state index is 9.34. The van der Waals surface area contributed by atoms with Crippen molar-refractivity contribution in [2.24, 2.45) is 11.1 Å². The van der Waals surface area contributed by atoms with Gasteiger partial charge in [-0.15, -0.1) is 0 Å². The zero-order chi connectivity index (χ0) is 8.36. The predicted molar refractivity (Wildman–Crippen MR) is 43.7 cm³/mol. The first-order valence-electron chi connectivity index (χ1n) is 3.83. The van der Waals surface area contributed by atoms with Crippen LogP contribution in [-0.4, -0.2) is 17.3 Å². The minimum Gasteiger partial charge on any atom is -0.392 e. The van der Waals surface area contributed by atoms with E-state index < -0.39 is 0 Å².